The molecule has 0 heterocycles. The first-order valence-corrected chi connectivity index (χ1v) is 5.96. The third kappa shape index (κ3) is 4.07. The number of halogens is 1. The van der Waals surface area contributed by atoms with E-state index in [1.54, 1.807) is 0 Å². The molecule has 0 fully saturated rings. The van der Waals surface area contributed by atoms with Crippen molar-refractivity contribution in [1.29, 1.82) is 0 Å². The quantitative estimate of drug-likeness (QED) is 0.812. The predicted octanol–water partition coefficient (Wildman–Crippen LogP) is 1.49. The lowest BCUT2D eigenvalue weighted by atomic mass is 10.2. The molecule has 96 valence electrons. The smallest absolute Gasteiger partial charge is 0.138 e. The molecule has 0 spiro atoms. The Morgan fingerprint density at radius 2 is 2.24 bits per heavy atom. The van der Waals surface area contributed by atoms with Gasteiger partial charge in [0.15, 0.2) is 0 Å². The lowest BCUT2D eigenvalue weighted by Gasteiger charge is -2.23. The molecule has 0 aliphatic rings. The highest BCUT2D eigenvalue weighted by Crippen LogP contribution is 2.29. The van der Waals surface area contributed by atoms with Crippen LogP contribution in [0.3, 0.4) is 0 Å². The van der Waals surface area contributed by atoms with E-state index in [9.17, 15) is 0 Å². The Labute approximate surface area is 107 Å². The van der Waals surface area contributed by atoms with Crippen LogP contribution in [0, 0.1) is 0 Å². The SMILES string of the molecule is CCOc1ccc(N(C)CC(N)CO)cc1Cl. The van der Waals surface area contributed by atoms with E-state index < -0.39 is 0 Å². The summed E-state index contributed by atoms with van der Waals surface area (Å²) in [4.78, 5) is 1.95. The number of aliphatic hydroxyl groups excluding tert-OH is 1. The number of likely N-dealkylation sites (N-methyl/N-ethyl adjacent to an activating group) is 1. The standard InChI is InChI=1S/C12H19ClN2O2/c1-3-17-12-5-4-10(6-11(12)13)15(2)7-9(14)8-16/h4-6,9,16H,3,7-8,14H2,1-2H3. The highest BCUT2D eigenvalue weighted by molar-refractivity contribution is 6.32. The Morgan fingerprint density at radius 3 is 2.76 bits per heavy atom. The summed E-state index contributed by atoms with van der Waals surface area (Å²) in [6.45, 7) is 3.04. The molecule has 1 rings (SSSR count). The third-order valence-corrected chi connectivity index (χ3v) is 2.69. The number of benzene rings is 1. The molecule has 0 radical (unpaired) electrons. The number of hydrogen-bond acceptors (Lipinski definition) is 4. The molecule has 0 aliphatic carbocycles. The Bertz CT molecular complexity index is 360. The molecule has 0 aromatic heterocycles. The van der Waals surface area contributed by atoms with Gasteiger partial charge in [-0.05, 0) is 25.1 Å². The summed E-state index contributed by atoms with van der Waals surface area (Å²) < 4.78 is 5.36. The minimum atomic E-state index is -0.259. The molecule has 1 aromatic carbocycles. The molecule has 0 aliphatic heterocycles. The minimum Gasteiger partial charge on any atom is -0.492 e. The summed E-state index contributed by atoms with van der Waals surface area (Å²) in [6, 6.07) is 5.32. The van der Waals surface area contributed by atoms with Crippen LogP contribution in [0.1, 0.15) is 6.92 Å². The first kappa shape index (κ1) is 14.1. The summed E-state index contributed by atoms with van der Waals surface area (Å²) in [5.41, 5.74) is 6.62. The maximum Gasteiger partial charge on any atom is 0.138 e. The van der Waals surface area contributed by atoms with Crippen LogP contribution in [0.5, 0.6) is 5.75 Å². The highest BCUT2D eigenvalue weighted by Gasteiger charge is 2.09. The van der Waals surface area contributed by atoms with E-state index in [1.807, 2.05) is 37.1 Å². The first-order chi connectivity index (χ1) is 8.08. The fourth-order valence-corrected chi connectivity index (χ4v) is 1.74. The molecule has 17 heavy (non-hydrogen) atoms. The van der Waals surface area contributed by atoms with Crippen molar-refractivity contribution in [2.75, 3.05) is 31.7 Å². The fourth-order valence-electron chi connectivity index (χ4n) is 1.51. The van der Waals surface area contributed by atoms with Crippen LogP contribution >= 0.6 is 11.6 Å². The topological polar surface area (TPSA) is 58.7 Å². The van der Waals surface area contributed by atoms with Gasteiger partial charge in [-0.15, -0.1) is 0 Å². The van der Waals surface area contributed by atoms with Crippen molar-refractivity contribution in [3.05, 3.63) is 23.2 Å². The number of nitrogens with two attached hydrogens (primary N) is 1. The maximum atomic E-state index is 8.90. The van der Waals surface area contributed by atoms with Crippen molar-refractivity contribution >= 4 is 17.3 Å². The fraction of sp³-hybridized carbons (Fsp3) is 0.500. The summed E-state index contributed by atoms with van der Waals surface area (Å²) in [7, 11) is 1.90. The van der Waals surface area contributed by atoms with Crippen molar-refractivity contribution < 1.29 is 9.84 Å². The van der Waals surface area contributed by atoms with Crippen molar-refractivity contribution in [3.8, 4) is 5.75 Å². The minimum absolute atomic E-state index is 0.0326. The summed E-state index contributed by atoms with van der Waals surface area (Å²) in [5, 5.41) is 9.48. The van der Waals surface area contributed by atoms with Gasteiger partial charge in [0.05, 0.1) is 18.2 Å². The van der Waals surface area contributed by atoms with E-state index in [4.69, 9.17) is 27.2 Å². The van der Waals surface area contributed by atoms with Gasteiger partial charge in [-0.1, -0.05) is 11.6 Å². The second-order valence-electron chi connectivity index (χ2n) is 3.87. The lowest BCUT2D eigenvalue weighted by molar-refractivity contribution is 0.267. The number of nitrogens with zero attached hydrogens (tertiary/aromatic N) is 1. The van der Waals surface area contributed by atoms with Gasteiger partial charge in [0.2, 0.25) is 0 Å². The molecule has 0 amide bonds. The Hall–Kier alpha value is -0.970. The average Bonchev–Trinajstić information content (AvgIpc) is 2.31. The van der Waals surface area contributed by atoms with Gasteiger partial charge in [0.25, 0.3) is 0 Å². The van der Waals surface area contributed by atoms with Gasteiger partial charge in [-0.3, -0.25) is 0 Å². The van der Waals surface area contributed by atoms with Crippen molar-refractivity contribution in [2.24, 2.45) is 5.73 Å². The van der Waals surface area contributed by atoms with Crippen molar-refractivity contribution in [2.45, 2.75) is 13.0 Å². The van der Waals surface area contributed by atoms with Crippen molar-refractivity contribution in [3.63, 3.8) is 0 Å². The van der Waals surface area contributed by atoms with Crippen LogP contribution in [0.4, 0.5) is 5.69 Å². The van der Waals surface area contributed by atoms with E-state index in [0.29, 0.717) is 23.9 Å². The Kier molecular flexibility index (Phi) is 5.55. The highest BCUT2D eigenvalue weighted by atomic mass is 35.5. The van der Waals surface area contributed by atoms with E-state index in [-0.39, 0.29) is 12.6 Å². The number of aliphatic hydroxyl groups is 1. The third-order valence-electron chi connectivity index (χ3n) is 2.40. The summed E-state index contributed by atoms with van der Waals surface area (Å²) in [5.74, 6) is 0.678. The second kappa shape index (κ2) is 6.69. The largest absolute Gasteiger partial charge is 0.492 e. The average molecular weight is 259 g/mol. The molecule has 5 heteroatoms. The van der Waals surface area contributed by atoms with E-state index in [0.717, 1.165) is 5.69 Å². The van der Waals surface area contributed by atoms with E-state index >= 15 is 0 Å². The van der Waals surface area contributed by atoms with Crippen LogP contribution in [-0.2, 0) is 0 Å². The van der Waals surface area contributed by atoms with Gasteiger partial charge in [0.1, 0.15) is 5.75 Å². The molecule has 1 aromatic rings. The molecule has 3 N–H and O–H groups in total. The molecule has 0 saturated heterocycles. The van der Waals surface area contributed by atoms with Gasteiger partial charge < -0.3 is 20.5 Å². The molecule has 0 saturated carbocycles. The lowest BCUT2D eigenvalue weighted by Crippen LogP contribution is -2.37. The Morgan fingerprint density at radius 1 is 1.53 bits per heavy atom. The van der Waals surface area contributed by atoms with Gasteiger partial charge in [0, 0.05) is 25.3 Å². The Balaban J connectivity index is 2.75. The van der Waals surface area contributed by atoms with E-state index in [2.05, 4.69) is 0 Å². The second-order valence-corrected chi connectivity index (χ2v) is 4.28. The van der Waals surface area contributed by atoms with Crippen LogP contribution in [0.25, 0.3) is 0 Å². The molecular formula is C12H19ClN2O2. The zero-order valence-corrected chi connectivity index (χ0v) is 10.9. The zero-order chi connectivity index (χ0) is 12.8. The number of hydrogen-bond donors (Lipinski definition) is 2. The van der Waals surface area contributed by atoms with Gasteiger partial charge in [-0.25, -0.2) is 0 Å². The molecule has 1 unspecified atom stereocenters. The van der Waals surface area contributed by atoms with Crippen LogP contribution in [0.15, 0.2) is 18.2 Å². The number of rotatable bonds is 6. The molecular weight excluding hydrogens is 240 g/mol. The number of ether oxygens (including phenoxy) is 1. The van der Waals surface area contributed by atoms with Gasteiger partial charge in [-0.2, -0.15) is 0 Å². The zero-order valence-electron chi connectivity index (χ0n) is 10.2. The first-order valence-electron chi connectivity index (χ1n) is 5.58. The number of anilines is 1. The molecule has 4 nitrogen and oxygen atoms in total. The van der Waals surface area contributed by atoms with Crippen LogP contribution in [-0.4, -0.2) is 38.0 Å². The normalized spacial score (nSPS) is 12.3. The van der Waals surface area contributed by atoms with Gasteiger partial charge >= 0.3 is 0 Å². The maximum absolute atomic E-state index is 8.90. The monoisotopic (exact) mass is 258 g/mol. The molecule has 1 atom stereocenters. The molecule has 0 bridgehead atoms. The van der Waals surface area contributed by atoms with Crippen molar-refractivity contribution in [1.82, 2.24) is 0 Å². The predicted molar refractivity (Wildman–Crippen MR) is 71.0 cm³/mol. The van der Waals surface area contributed by atoms with E-state index in [1.165, 1.54) is 0 Å². The summed E-state index contributed by atoms with van der Waals surface area (Å²) >= 11 is 6.09. The van der Waals surface area contributed by atoms with Crippen LogP contribution < -0.4 is 15.4 Å². The summed E-state index contributed by atoms with van der Waals surface area (Å²) in [6.07, 6.45) is 0. The van der Waals surface area contributed by atoms with Crippen LogP contribution in [0.2, 0.25) is 5.02 Å².